The van der Waals surface area contributed by atoms with Crippen LogP contribution in [0.25, 0.3) is 16.9 Å². The molecule has 0 saturated carbocycles. The van der Waals surface area contributed by atoms with E-state index in [1.165, 1.54) is 7.11 Å². The van der Waals surface area contributed by atoms with Crippen LogP contribution in [0.1, 0.15) is 16.1 Å². The molecule has 1 N–H and O–H groups in total. The molecule has 1 aromatic carbocycles. The van der Waals surface area contributed by atoms with Crippen molar-refractivity contribution >= 4 is 11.6 Å². The molecule has 2 aromatic heterocycles. The highest BCUT2D eigenvalue weighted by molar-refractivity contribution is 5.90. The molecule has 3 heterocycles. The van der Waals surface area contributed by atoms with Crippen LogP contribution >= 0.6 is 0 Å². The van der Waals surface area contributed by atoms with Gasteiger partial charge in [0.1, 0.15) is 22.8 Å². The molecule has 0 unspecified atom stereocenters. The fraction of sp³-hybridized carbons (Fsp3) is 0.333. The van der Waals surface area contributed by atoms with E-state index in [0.717, 1.165) is 7.11 Å². The largest absolute Gasteiger partial charge is 0.497 e. The molecule has 31 heavy (non-hydrogen) atoms. The van der Waals surface area contributed by atoms with Gasteiger partial charge in [0.25, 0.3) is 0 Å². The third-order valence-corrected chi connectivity index (χ3v) is 5.16. The Hall–Kier alpha value is -3.11. The van der Waals surface area contributed by atoms with Crippen molar-refractivity contribution in [2.75, 3.05) is 33.9 Å². The van der Waals surface area contributed by atoms with Crippen molar-refractivity contribution < 1.29 is 32.2 Å². The first-order valence-electron chi connectivity index (χ1n) is 9.58. The maximum atomic E-state index is 15.0. The Morgan fingerprint density at radius 2 is 2.10 bits per heavy atom. The molecule has 0 amide bonds. The number of ether oxygens (including phenoxy) is 3. The van der Waals surface area contributed by atoms with Gasteiger partial charge in [0.05, 0.1) is 43.9 Å². The highest BCUT2D eigenvalue weighted by Gasteiger charge is 2.29. The quantitative estimate of drug-likeness (QED) is 0.491. The summed E-state index contributed by atoms with van der Waals surface area (Å²) >= 11 is 0. The number of hydrogen-bond acceptors (Lipinski definition) is 6. The Bertz CT molecular complexity index is 1140. The monoisotopic (exact) mass is 435 g/mol. The SMILES string of the molecule is COC(=O)c1cc(F)c(-c2nc3cc(OC)ccn3c2C[C@H]2CNCCO2)c(F)c1F. The fourth-order valence-corrected chi connectivity index (χ4v) is 3.64. The number of carbonyl (C=O) groups excluding carboxylic acids is 1. The zero-order chi connectivity index (χ0) is 22.1. The Morgan fingerprint density at radius 3 is 2.77 bits per heavy atom. The summed E-state index contributed by atoms with van der Waals surface area (Å²) in [4.78, 5) is 16.0. The minimum absolute atomic E-state index is 0.0762. The number of nitrogens with zero attached hydrogens (tertiary/aromatic N) is 2. The third-order valence-electron chi connectivity index (χ3n) is 5.16. The van der Waals surface area contributed by atoms with Crippen molar-refractivity contribution in [3.8, 4) is 17.0 Å². The second-order valence-corrected chi connectivity index (χ2v) is 7.00. The van der Waals surface area contributed by atoms with Gasteiger partial charge in [0, 0.05) is 31.8 Å². The van der Waals surface area contributed by atoms with Crippen LogP contribution in [-0.4, -0.2) is 55.4 Å². The summed E-state index contributed by atoms with van der Waals surface area (Å²) in [6.45, 7) is 1.75. The van der Waals surface area contributed by atoms with Gasteiger partial charge in [-0.15, -0.1) is 0 Å². The van der Waals surface area contributed by atoms with E-state index in [1.54, 1.807) is 22.7 Å². The Balaban J connectivity index is 1.91. The minimum Gasteiger partial charge on any atom is -0.497 e. The van der Waals surface area contributed by atoms with Gasteiger partial charge in [-0.05, 0) is 12.1 Å². The van der Waals surface area contributed by atoms with E-state index in [2.05, 4.69) is 15.0 Å². The zero-order valence-electron chi connectivity index (χ0n) is 16.9. The molecule has 0 bridgehead atoms. The number of halogens is 3. The van der Waals surface area contributed by atoms with Gasteiger partial charge in [-0.1, -0.05) is 0 Å². The summed E-state index contributed by atoms with van der Waals surface area (Å²) in [5, 5.41) is 3.20. The fourth-order valence-electron chi connectivity index (χ4n) is 3.64. The van der Waals surface area contributed by atoms with Crippen molar-refractivity contribution in [2.24, 2.45) is 0 Å². The molecule has 1 aliphatic heterocycles. The van der Waals surface area contributed by atoms with Crippen LogP contribution in [0, 0.1) is 17.5 Å². The van der Waals surface area contributed by atoms with Crippen LogP contribution in [0.2, 0.25) is 0 Å². The number of esters is 1. The lowest BCUT2D eigenvalue weighted by atomic mass is 10.0. The van der Waals surface area contributed by atoms with Crippen molar-refractivity contribution in [2.45, 2.75) is 12.5 Å². The molecule has 4 rings (SSSR count). The molecule has 164 valence electrons. The van der Waals surface area contributed by atoms with Crippen LogP contribution in [0.5, 0.6) is 5.75 Å². The molecule has 0 spiro atoms. The number of imidazole rings is 1. The van der Waals surface area contributed by atoms with Crippen LogP contribution in [0.4, 0.5) is 13.2 Å². The first-order chi connectivity index (χ1) is 14.9. The molecule has 10 heteroatoms. The number of rotatable bonds is 5. The second kappa shape index (κ2) is 8.56. The Kier molecular flexibility index (Phi) is 5.84. The van der Waals surface area contributed by atoms with Gasteiger partial charge in [0.15, 0.2) is 11.6 Å². The lowest BCUT2D eigenvalue weighted by Crippen LogP contribution is -2.39. The zero-order valence-corrected chi connectivity index (χ0v) is 16.9. The van der Waals surface area contributed by atoms with Crippen molar-refractivity contribution in [1.29, 1.82) is 0 Å². The van der Waals surface area contributed by atoms with E-state index in [4.69, 9.17) is 9.47 Å². The van der Waals surface area contributed by atoms with Crippen LogP contribution in [0.3, 0.4) is 0 Å². The smallest absolute Gasteiger partial charge is 0.341 e. The summed E-state index contributed by atoms with van der Waals surface area (Å²) in [6.07, 6.45) is 1.67. The maximum Gasteiger partial charge on any atom is 0.341 e. The van der Waals surface area contributed by atoms with Gasteiger partial charge < -0.3 is 23.9 Å². The Labute approximate surface area is 175 Å². The van der Waals surface area contributed by atoms with Gasteiger partial charge in [-0.25, -0.2) is 22.9 Å². The molecule has 0 radical (unpaired) electrons. The van der Waals surface area contributed by atoms with Crippen molar-refractivity contribution in [3.05, 3.63) is 53.1 Å². The van der Waals surface area contributed by atoms with Gasteiger partial charge >= 0.3 is 5.97 Å². The van der Waals surface area contributed by atoms with E-state index in [1.807, 2.05) is 0 Å². The average Bonchev–Trinajstić information content (AvgIpc) is 3.13. The normalized spacial score (nSPS) is 16.5. The summed E-state index contributed by atoms with van der Waals surface area (Å²) < 4.78 is 61.6. The number of fused-ring (bicyclic) bond motifs is 1. The van der Waals surface area contributed by atoms with Gasteiger partial charge in [-0.3, -0.25) is 0 Å². The van der Waals surface area contributed by atoms with Gasteiger partial charge in [0.2, 0.25) is 0 Å². The van der Waals surface area contributed by atoms with E-state index < -0.39 is 34.5 Å². The number of hydrogen-bond donors (Lipinski definition) is 1. The highest BCUT2D eigenvalue weighted by atomic mass is 19.2. The average molecular weight is 435 g/mol. The maximum absolute atomic E-state index is 15.0. The first-order valence-corrected chi connectivity index (χ1v) is 9.58. The molecule has 1 atom stereocenters. The topological polar surface area (TPSA) is 74.1 Å². The molecular weight excluding hydrogens is 415 g/mol. The van der Waals surface area contributed by atoms with Crippen molar-refractivity contribution in [3.63, 3.8) is 0 Å². The number of aromatic nitrogens is 2. The lowest BCUT2D eigenvalue weighted by Gasteiger charge is -2.24. The van der Waals surface area contributed by atoms with Crippen molar-refractivity contribution in [1.82, 2.24) is 14.7 Å². The standard InChI is InChI=1S/C21H20F3N3O4/c1-29-11-3-5-27-15(7-12-10-25-4-6-31-12)20(26-16(27)8-11)17-14(22)9-13(21(28)30-2)18(23)19(17)24/h3,5,8-9,12,25H,4,6-7,10H2,1-2H3/t12-/m0/s1. The number of carbonyl (C=O) groups is 1. The van der Waals surface area contributed by atoms with Crippen LogP contribution in [-0.2, 0) is 15.9 Å². The molecule has 1 aliphatic rings. The molecule has 3 aromatic rings. The van der Waals surface area contributed by atoms with Crippen LogP contribution in [0.15, 0.2) is 24.4 Å². The molecule has 0 aliphatic carbocycles. The number of morpholine rings is 1. The number of nitrogens with one attached hydrogen (secondary N) is 1. The predicted molar refractivity (Wildman–Crippen MR) is 105 cm³/mol. The first kappa shape index (κ1) is 21.1. The summed E-state index contributed by atoms with van der Waals surface area (Å²) in [5.41, 5.74) is -0.758. The summed E-state index contributed by atoms with van der Waals surface area (Å²) in [5.74, 6) is -4.82. The third kappa shape index (κ3) is 3.84. The van der Waals surface area contributed by atoms with E-state index >= 15 is 0 Å². The number of pyridine rings is 1. The Morgan fingerprint density at radius 1 is 1.29 bits per heavy atom. The molecule has 7 nitrogen and oxygen atoms in total. The summed E-state index contributed by atoms with van der Waals surface area (Å²) in [6, 6.07) is 3.89. The molecule has 1 saturated heterocycles. The van der Waals surface area contributed by atoms with E-state index in [0.29, 0.717) is 42.9 Å². The predicted octanol–water partition coefficient (Wildman–Crippen LogP) is 2.74. The summed E-state index contributed by atoms with van der Waals surface area (Å²) in [7, 11) is 2.48. The minimum atomic E-state index is -1.51. The number of benzene rings is 1. The van der Waals surface area contributed by atoms with E-state index in [-0.39, 0.29) is 18.2 Å². The van der Waals surface area contributed by atoms with Crippen LogP contribution < -0.4 is 10.1 Å². The number of methoxy groups -OCH3 is 2. The van der Waals surface area contributed by atoms with E-state index in [9.17, 15) is 18.0 Å². The van der Waals surface area contributed by atoms with Gasteiger partial charge in [-0.2, -0.15) is 0 Å². The molecular formula is C21H20F3N3O4. The lowest BCUT2D eigenvalue weighted by molar-refractivity contribution is 0.0286. The second-order valence-electron chi connectivity index (χ2n) is 7.00. The molecule has 1 fully saturated rings. The highest BCUT2D eigenvalue weighted by Crippen LogP contribution is 2.34.